The van der Waals surface area contributed by atoms with Crippen molar-refractivity contribution in [1.82, 2.24) is 9.78 Å². The van der Waals surface area contributed by atoms with Crippen molar-refractivity contribution < 1.29 is 19.0 Å². The van der Waals surface area contributed by atoms with Crippen molar-refractivity contribution in [1.29, 1.82) is 0 Å². The molecule has 0 saturated heterocycles. The number of terminal acetylenes is 1. The Balaban J connectivity index is 1.90. The number of hydrogen-bond acceptors (Lipinski definition) is 5. The van der Waals surface area contributed by atoms with Crippen LogP contribution in [-0.2, 0) is 22.4 Å². The molecule has 0 aliphatic rings. The van der Waals surface area contributed by atoms with Gasteiger partial charge in [-0.15, -0.1) is 6.42 Å². The van der Waals surface area contributed by atoms with Gasteiger partial charge >= 0.3 is 0 Å². The van der Waals surface area contributed by atoms with Crippen LogP contribution in [0.1, 0.15) is 36.6 Å². The lowest BCUT2D eigenvalue weighted by atomic mass is 9.97. The van der Waals surface area contributed by atoms with Crippen LogP contribution in [0, 0.1) is 12.3 Å². The monoisotopic (exact) mass is 447 g/mol. The molecular formula is C26H29N3O4. The third kappa shape index (κ3) is 5.36. The number of hydrogen-bond donors (Lipinski definition) is 1. The summed E-state index contributed by atoms with van der Waals surface area (Å²) in [5.41, 5.74) is 3.90. The molecule has 1 aromatic heterocycles. The number of rotatable bonds is 10. The van der Waals surface area contributed by atoms with Gasteiger partial charge in [0, 0.05) is 12.1 Å². The first-order chi connectivity index (χ1) is 16.1. The number of benzene rings is 2. The van der Waals surface area contributed by atoms with E-state index in [0.29, 0.717) is 23.0 Å². The van der Waals surface area contributed by atoms with Gasteiger partial charge in [-0.1, -0.05) is 38.0 Å². The molecule has 3 rings (SSSR count). The van der Waals surface area contributed by atoms with Crippen molar-refractivity contribution in [2.75, 3.05) is 26.1 Å². The van der Waals surface area contributed by atoms with E-state index in [1.807, 2.05) is 24.3 Å². The second-order valence-electron chi connectivity index (χ2n) is 7.29. The SMILES string of the molecule is C#CCOC(C(=O)Nc1ccnn1-c1ccc(OC)c(OC)c1)c1ccc(CC)c(CC)c1. The van der Waals surface area contributed by atoms with E-state index in [4.69, 9.17) is 20.6 Å². The lowest BCUT2D eigenvalue weighted by Crippen LogP contribution is -2.25. The number of aryl methyl sites for hydroxylation is 2. The fourth-order valence-electron chi connectivity index (χ4n) is 3.69. The Bertz CT molecular complexity index is 1150. The average Bonchev–Trinajstić information content (AvgIpc) is 3.31. The van der Waals surface area contributed by atoms with Gasteiger partial charge < -0.3 is 19.5 Å². The van der Waals surface area contributed by atoms with Crippen LogP contribution in [0.2, 0.25) is 0 Å². The quantitative estimate of drug-likeness (QED) is 0.468. The molecule has 0 bridgehead atoms. The van der Waals surface area contributed by atoms with Crippen LogP contribution >= 0.6 is 0 Å². The van der Waals surface area contributed by atoms with E-state index >= 15 is 0 Å². The molecule has 1 atom stereocenters. The number of carbonyl (C=O) groups is 1. The molecule has 1 unspecified atom stereocenters. The maximum atomic E-state index is 13.3. The van der Waals surface area contributed by atoms with E-state index in [1.165, 1.54) is 11.1 Å². The predicted octanol–water partition coefficient (Wildman–Crippen LogP) is 4.34. The number of methoxy groups -OCH3 is 2. The molecule has 1 amide bonds. The summed E-state index contributed by atoms with van der Waals surface area (Å²) in [5.74, 6) is 3.76. The van der Waals surface area contributed by atoms with E-state index < -0.39 is 6.10 Å². The maximum absolute atomic E-state index is 13.3. The summed E-state index contributed by atoms with van der Waals surface area (Å²) in [6.45, 7) is 4.23. The Morgan fingerprint density at radius 2 is 1.82 bits per heavy atom. The Kier molecular flexibility index (Phi) is 8.11. The number of aromatic nitrogens is 2. The normalized spacial score (nSPS) is 11.5. The van der Waals surface area contributed by atoms with Gasteiger partial charge in [-0.3, -0.25) is 4.79 Å². The second-order valence-corrected chi connectivity index (χ2v) is 7.29. The zero-order valence-electron chi connectivity index (χ0n) is 19.4. The highest BCUT2D eigenvalue weighted by molar-refractivity contribution is 5.94. The summed E-state index contributed by atoms with van der Waals surface area (Å²) in [5, 5.41) is 7.27. The molecule has 1 heterocycles. The van der Waals surface area contributed by atoms with Crippen molar-refractivity contribution in [2.45, 2.75) is 32.8 Å². The fourth-order valence-corrected chi connectivity index (χ4v) is 3.69. The van der Waals surface area contributed by atoms with Crippen LogP contribution in [0.5, 0.6) is 11.5 Å². The molecule has 7 heteroatoms. The van der Waals surface area contributed by atoms with Crippen LogP contribution in [0.3, 0.4) is 0 Å². The number of amides is 1. The van der Waals surface area contributed by atoms with Gasteiger partial charge in [-0.25, -0.2) is 4.68 Å². The van der Waals surface area contributed by atoms with Crippen molar-refractivity contribution >= 4 is 11.7 Å². The number of carbonyl (C=O) groups excluding carboxylic acids is 1. The minimum Gasteiger partial charge on any atom is -0.493 e. The molecule has 33 heavy (non-hydrogen) atoms. The molecular weight excluding hydrogens is 418 g/mol. The molecule has 0 fully saturated rings. The zero-order chi connectivity index (χ0) is 23.8. The van der Waals surface area contributed by atoms with Gasteiger partial charge in [-0.2, -0.15) is 5.10 Å². The topological polar surface area (TPSA) is 74.6 Å². The van der Waals surface area contributed by atoms with Gasteiger partial charge in [0.1, 0.15) is 12.4 Å². The van der Waals surface area contributed by atoms with Gasteiger partial charge in [0.2, 0.25) is 0 Å². The number of ether oxygens (including phenoxy) is 3. The third-order valence-corrected chi connectivity index (χ3v) is 5.37. The molecule has 2 aromatic carbocycles. The molecule has 0 radical (unpaired) electrons. The fraction of sp³-hybridized carbons (Fsp3) is 0.308. The highest BCUT2D eigenvalue weighted by Crippen LogP contribution is 2.30. The van der Waals surface area contributed by atoms with Crippen molar-refractivity contribution in [3.8, 4) is 29.5 Å². The minimum absolute atomic E-state index is 0.0179. The Hall–Kier alpha value is -3.76. The summed E-state index contributed by atoms with van der Waals surface area (Å²) in [6, 6.07) is 13.1. The second kappa shape index (κ2) is 11.2. The summed E-state index contributed by atoms with van der Waals surface area (Å²) in [7, 11) is 3.14. The minimum atomic E-state index is -0.856. The van der Waals surface area contributed by atoms with Gasteiger partial charge in [0.05, 0.1) is 26.1 Å². The van der Waals surface area contributed by atoms with Crippen LogP contribution < -0.4 is 14.8 Å². The predicted molar refractivity (Wildman–Crippen MR) is 128 cm³/mol. The van der Waals surface area contributed by atoms with E-state index in [0.717, 1.165) is 18.4 Å². The maximum Gasteiger partial charge on any atom is 0.259 e. The smallest absolute Gasteiger partial charge is 0.259 e. The Morgan fingerprint density at radius 3 is 2.48 bits per heavy atom. The van der Waals surface area contributed by atoms with Crippen molar-refractivity contribution in [3.63, 3.8) is 0 Å². The van der Waals surface area contributed by atoms with E-state index in [-0.39, 0.29) is 12.5 Å². The highest BCUT2D eigenvalue weighted by Gasteiger charge is 2.24. The number of nitrogens with zero attached hydrogens (tertiary/aromatic N) is 2. The lowest BCUT2D eigenvalue weighted by molar-refractivity contribution is -0.127. The standard InChI is InChI=1S/C26H29N3O4/c1-6-15-33-25(20-10-9-18(7-2)19(8-3)16-20)26(30)28-24-13-14-27-29(24)21-11-12-22(31-4)23(17-21)32-5/h1,9-14,16-17,25H,7-8,15H2,2-5H3,(H,28,30). The van der Waals surface area contributed by atoms with Crippen LogP contribution in [0.15, 0.2) is 48.7 Å². The first kappa shape index (κ1) is 23.9. The number of anilines is 1. The molecule has 0 aliphatic heterocycles. The first-order valence-electron chi connectivity index (χ1n) is 10.8. The first-order valence-corrected chi connectivity index (χ1v) is 10.8. The lowest BCUT2D eigenvalue weighted by Gasteiger charge is -2.19. The molecule has 3 aromatic rings. The zero-order valence-corrected chi connectivity index (χ0v) is 19.4. The largest absolute Gasteiger partial charge is 0.493 e. The molecule has 172 valence electrons. The van der Waals surface area contributed by atoms with E-state index in [9.17, 15) is 4.79 Å². The third-order valence-electron chi connectivity index (χ3n) is 5.37. The summed E-state index contributed by atoms with van der Waals surface area (Å²) in [6.07, 6.45) is 7.95. The van der Waals surface area contributed by atoms with Gasteiger partial charge in [-0.05, 0) is 41.7 Å². The number of nitrogens with one attached hydrogen (secondary N) is 1. The molecule has 1 N–H and O–H groups in total. The molecule has 7 nitrogen and oxygen atoms in total. The highest BCUT2D eigenvalue weighted by atomic mass is 16.5. The van der Waals surface area contributed by atoms with Gasteiger partial charge in [0.15, 0.2) is 17.6 Å². The summed E-state index contributed by atoms with van der Waals surface area (Å²) < 4.78 is 18.1. The summed E-state index contributed by atoms with van der Waals surface area (Å²) >= 11 is 0. The van der Waals surface area contributed by atoms with Crippen molar-refractivity contribution in [2.24, 2.45) is 0 Å². The Labute approximate surface area is 194 Å². The van der Waals surface area contributed by atoms with Crippen LogP contribution in [0.25, 0.3) is 5.69 Å². The van der Waals surface area contributed by atoms with E-state index in [2.05, 4.69) is 30.2 Å². The molecule has 0 spiro atoms. The average molecular weight is 448 g/mol. The van der Waals surface area contributed by atoms with Gasteiger partial charge in [0.25, 0.3) is 5.91 Å². The summed E-state index contributed by atoms with van der Waals surface area (Å²) in [4.78, 5) is 13.3. The van der Waals surface area contributed by atoms with Crippen molar-refractivity contribution in [3.05, 3.63) is 65.4 Å². The molecule has 0 aliphatic carbocycles. The van der Waals surface area contributed by atoms with E-state index in [1.54, 1.807) is 43.3 Å². The Morgan fingerprint density at radius 1 is 1.06 bits per heavy atom. The molecule has 0 saturated carbocycles. The van der Waals surface area contributed by atoms with Crippen LogP contribution in [0.4, 0.5) is 5.82 Å². The van der Waals surface area contributed by atoms with Crippen LogP contribution in [-0.4, -0.2) is 36.5 Å².